The number of hydrogen-bond donors (Lipinski definition) is 0. The predicted molar refractivity (Wildman–Crippen MR) is 93.2 cm³/mol. The highest BCUT2D eigenvalue weighted by Gasteiger charge is 2.45. The van der Waals surface area contributed by atoms with Crippen LogP contribution in [0.1, 0.15) is 44.6 Å². The zero-order chi connectivity index (χ0) is 17.4. The topological polar surface area (TPSA) is 57.7 Å². The Balaban J connectivity index is 1.86. The van der Waals surface area contributed by atoms with Gasteiger partial charge in [-0.2, -0.15) is 4.31 Å². The van der Waals surface area contributed by atoms with E-state index in [0.29, 0.717) is 24.4 Å². The highest BCUT2D eigenvalue weighted by molar-refractivity contribution is 7.89. The van der Waals surface area contributed by atoms with Crippen LogP contribution in [0.15, 0.2) is 29.2 Å². The molecule has 0 bridgehead atoms. The summed E-state index contributed by atoms with van der Waals surface area (Å²) in [6.07, 6.45) is 4.88. The first-order valence-electron chi connectivity index (χ1n) is 8.75. The van der Waals surface area contributed by atoms with Gasteiger partial charge in [-0.25, -0.2) is 8.42 Å². The van der Waals surface area contributed by atoms with Gasteiger partial charge in [0.25, 0.3) is 0 Å². The first-order valence-corrected chi connectivity index (χ1v) is 10.2. The maximum absolute atomic E-state index is 13.0. The van der Waals surface area contributed by atoms with Gasteiger partial charge < -0.3 is 4.90 Å². The molecule has 0 radical (unpaired) electrons. The number of benzene rings is 1. The van der Waals surface area contributed by atoms with Gasteiger partial charge in [-0.05, 0) is 49.8 Å². The van der Waals surface area contributed by atoms with Crippen LogP contribution in [0.25, 0.3) is 0 Å². The molecule has 0 unspecified atom stereocenters. The van der Waals surface area contributed by atoms with Crippen LogP contribution in [0, 0.1) is 0 Å². The number of carbonyl (C=O) groups is 1. The second kappa shape index (κ2) is 6.48. The van der Waals surface area contributed by atoms with Crippen molar-refractivity contribution in [2.24, 2.45) is 0 Å². The number of likely N-dealkylation sites (N-methyl/N-ethyl adjacent to an activating group) is 1. The fourth-order valence-corrected chi connectivity index (χ4v) is 5.53. The summed E-state index contributed by atoms with van der Waals surface area (Å²) >= 11 is 0. The fraction of sp³-hybridized carbons (Fsp3) is 0.611. The molecule has 5 nitrogen and oxygen atoms in total. The zero-order valence-corrected chi connectivity index (χ0v) is 15.3. The molecule has 2 aliphatic rings. The van der Waals surface area contributed by atoms with E-state index < -0.39 is 10.0 Å². The molecule has 0 aliphatic carbocycles. The van der Waals surface area contributed by atoms with Crippen molar-refractivity contribution in [3.63, 3.8) is 0 Å². The SMILES string of the molecule is CCc1ccc(S(=O)(=O)N2CCC[C@@]3(CCCC(=O)N3C)C2)cc1. The molecule has 1 spiro atoms. The molecule has 3 rings (SSSR count). The monoisotopic (exact) mass is 350 g/mol. The number of sulfonamides is 1. The van der Waals surface area contributed by atoms with Crippen LogP contribution in [0.5, 0.6) is 0 Å². The molecular formula is C18H26N2O3S. The van der Waals surface area contributed by atoms with Crippen molar-refractivity contribution in [2.75, 3.05) is 20.1 Å². The van der Waals surface area contributed by atoms with Gasteiger partial charge in [0, 0.05) is 26.6 Å². The van der Waals surface area contributed by atoms with E-state index in [9.17, 15) is 13.2 Å². The van der Waals surface area contributed by atoms with E-state index in [1.165, 1.54) is 0 Å². The number of nitrogens with zero attached hydrogens (tertiary/aromatic N) is 2. The van der Waals surface area contributed by atoms with E-state index in [2.05, 4.69) is 0 Å². The summed E-state index contributed by atoms with van der Waals surface area (Å²) in [4.78, 5) is 14.3. The number of hydrogen-bond acceptors (Lipinski definition) is 3. The highest BCUT2D eigenvalue weighted by Crippen LogP contribution is 2.37. The molecule has 0 saturated carbocycles. The minimum atomic E-state index is -3.51. The lowest BCUT2D eigenvalue weighted by atomic mass is 9.81. The zero-order valence-electron chi connectivity index (χ0n) is 14.5. The Morgan fingerprint density at radius 3 is 2.46 bits per heavy atom. The molecule has 1 atom stereocenters. The van der Waals surface area contributed by atoms with Gasteiger partial charge in [0.2, 0.25) is 15.9 Å². The Morgan fingerprint density at radius 2 is 1.79 bits per heavy atom. The number of rotatable bonds is 3. The lowest BCUT2D eigenvalue weighted by Gasteiger charge is -2.50. The van der Waals surface area contributed by atoms with Gasteiger partial charge in [0.05, 0.1) is 10.4 Å². The van der Waals surface area contributed by atoms with E-state index in [4.69, 9.17) is 0 Å². The molecule has 0 N–H and O–H groups in total. The van der Waals surface area contributed by atoms with E-state index in [1.807, 2.05) is 26.1 Å². The van der Waals surface area contributed by atoms with Crippen molar-refractivity contribution in [2.45, 2.75) is 55.9 Å². The van der Waals surface area contributed by atoms with Gasteiger partial charge >= 0.3 is 0 Å². The molecule has 2 fully saturated rings. The second-order valence-corrected chi connectivity index (χ2v) is 8.91. The minimum absolute atomic E-state index is 0.132. The normalized spacial score (nSPS) is 26.1. The fourth-order valence-electron chi connectivity index (χ4n) is 3.97. The van der Waals surface area contributed by atoms with Gasteiger partial charge in [-0.15, -0.1) is 0 Å². The number of carbonyl (C=O) groups excluding carboxylic acids is 1. The molecule has 2 heterocycles. The van der Waals surface area contributed by atoms with E-state index in [-0.39, 0.29) is 11.4 Å². The molecule has 0 aromatic heterocycles. The number of piperidine rings is 2. The van der Waals surface area contributed by atoms with Gasteiger partial charge in [0.15, 0.2) is 0 Å². The third kappa shape index (κ3) is 2.97. The van der Waals surface area contributed by atoms with Crippen LogP contribution in [0.2, 0.25) is 0 Å². The van der Waals surface area contributed by atoms with Crippen LogP contribution in [-0.4, -0.2) is 49.2 Å². The molecule has 1 aromatic carbocycles. The Labute approximate surface area is 144 Å². The summed E-state index contributed by atoms with van der Waals surface area (Å²) in [7, 11) is -1.68. The quantitative estimate of drug-likeness (QED) is 0.841. The van der Waals surface area contributed by atoms with Crippen LogP contribution in [-0.2, 0) is 21.2 Å². The molecule has 1 aromatic rings. The smallest absolute Gasteiger partial charge is 0.243 e. The predicted octanol–water partition coefficient (Wildman–Crippen LogP) is 2.41. The summed E-state index contributed by atoms with van der Waals surface area (Å²) in [6, 6.07) is 7.15. The van der Waals surface area contributed by atoms with Gasteiger partial charge in [0.1, 0.15) is 0 Å². The molecule has 2 aliphatic heterocycles. The van der Waals surface area contributed by atoms with Crippen molar-refractivity contribution >= 4 is 15.9 Å². The number of likely N-dealkylation sites (tertiary alicyclic amines) is 1. The summed E-state index contributed by atoms with van der Waals surface area (Å²) < 4.78 is 27.6. The average Bonchev–Trinajstić information content (AvgIpc) is 2.60. The third-order valence-corrected chi connectivity index (χ3v) is 7.47. The van der Waals surface area contributed by atoms with Crippen molar-refractivity contribution < 1.29 is 13.2 Å². The second-order valence-electron chi connectivity index (χ2n) is 6.97. The van der Waals surface area contributed by atoms with Crippen LogP contribution < -0.4 is 0 Å². The van der Waals surface area contributed by atoms with Crippen molar-refractivity contribution in [1.29, 1.82) is 0 Å². The first kappa shape index (κ1) is 17.4. The van der Waals surface area contributed by atoms with Crippen LogP contribution in [0.3, 0.4) is 0 Å². The van der Waals surface area contributed by atoms with Crippen molar-refractivity contribution in [3.05, 3.63) is 29.8 Å². The number of amides is 1. The minimum Gasteiger partial charge on any atom is -0.339 e. The van der Waals surface area contributed by atoms with Crippen molar-refractivity contribution in [3.8, 4) is 0 Å². The van der Waals surface area contributed by atoms with E-state index in [1.54, 1.807) is 21.3 Å². The maximum atomic E-state index is 13.0. The maximum Gasteiger partial charge on any atom is 0.243 e. The van der Waals surface area contributed by atoms with Gasteiger partial charge in [-0.3, -0.25) is 4.79 Å². The molecule has 2 saturated heterocycles. The van der Waals surface area contributed by atoms with Gasteiger partial charge in [-0.1, -0.05) is 19.1 Å². The van der Waals surface area contributed by atoms with Crippen LogP contribution >= 0.6 is 0 Å². The van der Waals surface area contributed by atoms with E-state index >= 15 is 0 Å². The first-order chi connectivity index (χ1) is 11.4. The number of aryl methyl sites for hydroxylation is 1. The summed E-state index contributed by atoms with van der Waals surface area (Å²) in [5, 5.41) is 0. The summed E-state index contributed by atoms with van der Waals surface area (Å²) in [5.41, 5.74) is 0.797. The standard InChI is InChI=1S/C18H26N2O3S/c1-3-15-7-9-16(10-8-15)24(22,23)20-13-5-12-18(14-20)11-4-6-17(21)19(18)2/h7-10H,3-6,11-14H2,1-2H3/t18-/m0/s1. The largest absolute Gasteiger partial charge is 0.339 e. The Kier molecular flexibility index (Phi) is 4.71. The summed E-state index contributed by atoms with van der Waals surface area (Å²) in [5.74, 6) is 0.132. The molecule has 24 heavy (non-hydrogen) atoms. The summed E-state index contributed by atoms with van der Waals surface area (Å²) in [6.45, 7) is 2.99. The Hall–Kier alpha value is -1.40. The Bertz CT molecular complexity index is 710. The molecule has 6 heteroatoms. The third-order valence-electron chi connectivity index (χ3n) is 5.61. The lowest BCUT2D eigenvalue weighted by molar-refractivity contribution is -0.141. The van der Waals surface area contributed by atoms with Crippen LogP contribution in [0.4, 0.5) is 0 Å². The molecular weight excluding hydrogens is 324 g/mol. The average molecular weight is 350 g/mol. The lowest BCUT2D eigenvalue weighted by Crippen LogP contribution is -2.61. The highest BCUT2D eigenvalue weighted by atomic mass is 32.2. The Morgan fingerprint density at radius 1 is 1.12 bits per heavy atom. The van der Waals surface area contributed by atoms with E-state index in [0.717, 1.165) is 37.7 Å². The molecule has 132 valence electrons. The van der Waals surface area contributed by atoms with Crippen molar-refractivity contribution in [1.82, 2.24) is 9.21 Å². The molecule has 1 amide bonds.